The highest BCUT2D eigenvalue weighted by Crippen LogP contribution is 2.43. The quantitative estimate of drug-likeness (QED) is 0.931. The van der Waals surface area contributed by atoms with Crippen LogP contribution in [-0.4, -0.2) is 20.8 Å². The molecule has 1 atom stereocenters. The molecule has 0 saturated carbocycles. The van der Waals surface area contributed by atoms with E-state index in [1.165, 1.54) is 13.2 Å². The maximum absolute atomic E-state index is 13.8. The molecule has 0 radical (unpaired) electrons. The molecule has 1 aromatic rings. The number of nitrogens with one attached hydrogen (secondary N) is 1. The lowest BCUT2D eigenvalue weighted by atomic mass is 10.0. The van der Waals surface area contributed by atoms with E-state index < -0.39 is 0 Å². The van der Waals surface area contributed by atoms with Gasteiger partial charge in [0.1, 0.15) is 10.2 Å². The molecule has 3 nitrogen and oxygen atoms in total. The van der Waals surface area contributed by atoms with Gasteiger partial charge in [-0.3, -0.25) is 0 Å². The first-order chi connectivity index (χ1) is 8.19. The predicted octanol–water partition coefficient (Wildman–Crippen LogP) is 3.03. The third-order valence-corrected chi connectivity index (χ3v) is 3.72. The highest BCUT2D eigenvalue weighted by Gasteiger charge is 2.25. The molecular formula is C12H15BrFNO2. The van der Waals surface area contributed by atoms with E-state index in [9.17, 15) is 4.39 Å². The van der Waals surface area contributed by atoms with Crippen molar-refractivity contribution in [3.8, 4) is 11.5 Å². The zero-order valence-electron chi connectivity index (χ0n) is 9.85. The molecule has 2 rings (SSSR count). The monoisotopic (exact) mass is 303 g/mol. The predicted molar refractivity (Wildman–Crippen MR) is 67.2 cm³/mol. The highest BCUT2D eigenvalue weighted by atomic mass is 79.9. The van der Waals surface area contributed by atoms with Crippen LogP contribution < -0.4 is 14.8 Å². The Bertz CT molecular complexity index is 419. The van der Waals surface area contributed by atoms with Gasteiger partial charge in [-0.25, -0.2) is 4.39 Å². The molecule has 0 aliphatic carbocycles. The maximum atomic E-state index is 13.8. The maximum Gasteiger partial charge on any atom is 0.172 e. The van der Waals surface area contributed by atoms with Gasteiger partial charge in [0.05, 0.1) is 14.2 Å². The Hall–Kier alpha value is -0.810. The Labute approximate surface area is 108 Å². The zero-order valence-corrected chi connectivity index (χ0v) is 11.4. The van der Waals surface area contributed by atoms with E-state index in [1.54, 1.807) is 7.11 Å². The van der Waals surface area contributed by atoms with Crippen LogP contribution >= 0.6 is 15.9 Å². The van der Waals surface area contributed by atoms with Gasteiger partial charge in [-0.2, -0.15) is 0 Å². The summed E-state index contributed by atoms with van der Waals surface area (Å²) in [5.74, 6) is 0.454. The Kier molecular flexibility index (Phi) is 3.89. The highest BCUT2D eigenvalue weighted by molar-refractivity contribution is 9.10. The van der Waals surface area contributed by atoms with Crippen molar-refractivity contribution in [3.05, 3.63) is 21.9 Å². The molecule has 94 valence electrons. The van der Waals surface area contributed by atoms with E-state index in [0.717, 1.165) is 24.9 Å². The minimum absolute atomic E-state index is 0.154. The minimum Gasteiger partial charge on any atom is -0.495 e. The van der Waals surface area contributed by atoms with Crippen molar-refractivity contribution in [2.45, 2.75) is 18.9 Å². The summed E-state index contributed by atoms with van der Waals surface area (Å²) >= 11 is 3.33. The van der Waals surface area contributed by atoms with Crippen LogP contribution in [0.4, 0.5) is 4.39 Å². The summed E-state index contributed by atoms with van der Waals surface area (Å²) in [5, 5.41) is 3.33. The Balaban J connectivity index is 2.51. The summed E-state index contributed by atoms with van der Waals surface area (Å²) in [6.45, 7) is 0.957. The van der Waals surface area contributed by atoms with Crippen molar-refractivity contribution in [2.24, 2.45) is 0 Å². The van der Waals surface area contributed by atoms with E-state index in [2.05, 4.69) is 21.2 Å². The average Bonchev–Trinajstić information content (AvgIpc) is 2.82. The number of methoxy groups -OCH3 is 2. The van der Waals surface area contributed by atoms with Crippen LogP contribution in [-0.2, 0) is 0 Å². The summed E-state index contributed by atoms with van der Waals surface area (Å²) in [6.07, 6.45) is 2.09. The van der Waals surface area contributed by atoms with Gasteiger partial charge >= 0.3 is 0 Å². The first-order valence-corrected chi connectivity index (χ1v) is 6.31. The number of ether oxygens (including phenoxy) is 2. The minimum atomic E-state index is -0.371. The summed E-state index contributed by atoms with van der Waals surface area (Å²) in [6, 6.07) is 1.65. The second-order valence-electron chi connectivity index (χ2n) is 3.98. The van der Waals surface area contributed by atoms with Crippen LogP contribution in [0.3, 0.4) is 0 Å². The Morgan fingerprint density at radius 3 is 2.59 bits per heavy atom. The standard InChI is InChI=1S/C12H15BrFNO2/c1-16-11-7(9-4-3-5-15-9)6-8(14)12(17-2)10(11)13/h6,9,15H,3-5H2,1-2H3. The van der Waals surface area contributed by atoms with Crippen LogP contribution in [0.5, 0.6) is 11.5 Å². The lowest BCUT2D eigenvalue weighted by molar-refractivity contribution is 0.363. The molecule has 0 spiro atoms. The summed E-state index contributed by atoms with van der Waals surface area (Å²) in [4.78, 5) is 0. The van der Waals surface area contributed by atoms with Crippen molar-refractivity contribution in [2.75, 3.05) is 20.8 Å². The van der Waals surface area contributed by atoms with Crippen molar-refractivity contribution in [1.29, 1.82) is 0 Å². The summed E-state index contributed by atoms with van der Waals surface area (Å²) < 4.78 is 24.7. The Morgan fingerprint density at radius 2 is 2.06 bits per heavy atom. The van der Waals surface area contributed by atoms with E-state index in [0.29, 0.717) is 10.2 Å². The van der Waals surface area contributed by atoms with Gasteiger partial charge in [-0.1, -0.05) is 0 Å². The smallest absolute Gasteiger partial charge is 0.172 e. The van der Waals surface area contributed by atoms with Crippen LogP contribution in [0.25, 0.3) is 0 Å². The molecule has 1 heterocycles. The van der Waals surface area contributed by atoms with Gasteiger partial charge in [0.25, 0.3) is 0 Å². The fourth-order valence-electron chi connectivity index (χ4n) is 2.21. The average molecular weight is 304 g/mol. The Morgan fingerprint density at radius 1 is 1.35 bits per heavy atom. The molecule has 0 amide bonds. The van der Waals surface area contributed by atoms with Gasteiger partial charge in [0.15, 0.2) is 11.6 Å². The van der Waals surface area contributed by atoms with Gasteiger partial charge < -0.3 is 14.8 Å². The molecule has 1 aliphatic rings. The lowest BCUT2D eigenvalue weighted by Crippen LogP contribution is -2.14. The van der Waals surface area contributed by atoms with E-state index in [1.807, 2.05) is 0 Å². The summed E-state index contributed by atoms with van der Waals surface area (Å²) in [5.41, 5.74) is 0.843. The molecule has 17 heavy (non-hydrogen) atoms. The van der Waals surface area contributed by atoms with Crippen molar-refractivity contribution >= 4 is 15.9 Å². The molecule has 1 unspecified atom stereocenters. The van der Waals surface area contributed by atoms with E-state index in [4.69, 9.17) is 9.47 Å². The second kappa shape index (κ2) is 5.23. The van der Waals surface area contributed by atoms with Gasteiger partial charge in [-0.05, 0) is 41.4 Å². The molecule has 1 fully saturated rings. The third-order valence-electron chi connectivity index (χ3n) is 3.00. The van der Waals surface area contributed by atoms with Crippen LogP contribution in [0.1, 0.15) is 24.4 Å². The van der Waals surface area contributed by atoms with Gasteiger partial charge in [-0.15, -0.1) is 0 Å². The number of rotatable bonds is 3. The molecule has 1 saturated heterocycles. The molecule has 0 bridgehead atoms. The molecule has 0 aromatic heterocycles. The second-order valence-corrected chi connectivity index (χ2v) is 4.77. The lowest BCUT2D eigenvalue weighted by Gasteiger charge is -2.18. The largest absolute Gasteiger partial charge is 0.495 e. The fourth-order valence-corrected chi connectivity index (χ4v) is 2.95. The van der Waals surface area contributed by atoms with Gasteiger partial charge in [0, 0.05) is 11.6 Å². The number of benzene rings is 1. The number of halogens is 2. The van der Waals surface area contributed by atoms with E-state index in [-0.39, 0.29) is 17.6 Å². The normalized spacial score (nSPS) is 19.4. The molecule has 5 heteroatoms. The van der Waals surface area contributed by atoms with Crippen molar-refractivity contribution in [1.82, 2.24) is 5.32 Å². The van der Waals surface area contributed by atoms with E-state index >= 15 is 0 Å². The first-order valence-electron chi connectivity index (χ1n) is 5.52. The van der Waals surface area contributed by atoms with Crippen molar-refractivity contribution in [3.63, 3.8) is 0 Å². The van der Waals surface area contributed by atoms with Crippen LogP contribution in [0.15, 0.2) is 10.5 Å². The molecular weight excluding hydrogens is 289 g/mol. The summed E-state index contributed by atoms with van der Waals surface area (Å²) in [7, 11) is 3.02. The van der Waals surface area contributed by atoms with Crippen LogP contribution in [0.2, 0.25) is 0 Å². The first kappa shape index (κ1) is 12.6. The topological polar surface area (TPSA) is 30.5 Å². The number of hydrogen-bond donors (Lipinski definition) is 1. The third kappa shape index (κ3) is 2.26. The zero-order chi connectivity index (χ0) is 12.4. The number of hydrogen-bond acceptors (Lipinski definition) is 3. The molecule has 1 aromatic carbocycles. The van der Waals surface area contributed by atoms with Crippen molar-refractivity contribution < 1.29 is 13.9 Å². The SMILES string of the molecule is COc1c(F)cc(C2CCCN2)c(OC)c1Br. The van der Waals surface area contributed by atoms with Gasteiger partial charge in [0.2, 0.25) is 0 Å². The molecule has 1 aliphatic heterocycles. The van der Waals surface area contributed by atoms with Crippen LogP contribution in [0, 0.1) is 5.82 Å². The fraction of sp³-hybridized carbons (Fsp3) is 0.500. The molecule has 1 N–H and O–H groups in total.